The number of hydrogen-bond donors (Lipinski definition) is 0. The first kappa shape index (κ1) is 17.9. The third kappa shape index (κ3) is 2.85. The quantitative estimate of drug-likeness (QED) is 0.496. The lowest BCUT2D eigenvalue weighted by molar-refractivity contribution is 0.384. The first-order chi connectivity index (χ1) is 13.5. The summed E-state index contributed by atoms with van der Waals surface area (Å²) in [5.41, 5.74) is 1.06. The number of anilines is 1. The molecule has 3 aromatic rings. The van der Waals surface area contributed by atoms with Gasteiger partial charge in [-0.3, -0.25) is 0 Å². The molecule has 2 aromatic heterocycles. The summed E-state index contributed by atoms with van der Waals surface area (Å²) in [7, 11) is -3.62. The van der Waals surface area contributed by atoms with Crippen LogP contribution in [0.5, 0.6) is 0 Å². The van der Waals surface area contributed by atoms with Crippen molar-refractivity contribution in [2.24, 2.45) is 8.73 Å². The lowest BCUT2D eigenvalue weighted by Crippen LogP contribution is -2.49. The molecule has 5 rings (SSSR count). The van der Waals surface area contributed by atoms with E-state index in [1.165, 1.54) is 9.18 Å². The molecule has 4 heterocycles. The van der Waals surface area contributed by atoms with Crippen molar-refractivity contribution >= 4 is 60.1 Å². The summed E-state index contributed by atoms with van der Waals surface area (Å²) < 4.78 is 36.2. The van der Waals surface area contributed by atoms with Gasteiger partial charge in [-0.2, -0.15) is 13.0 Å². The smallest absolute Gasteiger partial charge is 0.245 e. The fraction of sp³-hybridized carbons (Fsp3) is 0.294. The number of aryl methyl sites for hydroxylation is 1. The Balaban J connectivity index is 1.40. The SMILES string of the molecule is Cc1cc2c(N3CCN(S(=O)(=O)c4cccc5c4N=S=N5)CC3)ncnc2s1. The first-order valence-electron chi connectivity index (χ1n) is 8.71. The van der Waals surface area contributed by atoms with Crippen LogP contribution in [0.25, 0.3) is 10.2 Å². The number of benzene rings is 1. The highest BCUT2D eigenvalue weighted by Crippen LogP contribution is 2.39. The molecule has 8 nitrogen and oxygen atoms in total. The van der Waals surface area contributed by atoms with Crippen LogP contribution in [0.3, 0.4) is 0 Å². The van der Waals surface area contributed by atoms with Crippen molar-refractivity contribution in [2.75, 3.05) is 31.1 Å². The number of rotatable bonds is 3. The van der Waals surface area contributed by atoms with Crippen LogP contribution < -0.4 is 4.90 Å². The summed E-state index contributed by atoms with van der Waals surface area (Å²) in [5, 5.41) is 1.03. The molecule has 28 heavy (non-hydrogen) atoms. The second-order valence-corrected chi connectivity index (χ2v) is 10.2. The van der Waals surface area contributed by atoms with Gasteiger partial charge >= 0.3 is 0 Å². The Hall–Kier alpha value is -2.21. The van der Waals surface area contributed by atoms with Gasteiger partial charge in [-0.1, -0.05) is 6.07 Å². The summed E-state index contributed by atoms with van der Waals surface area (Å²) in [4.78, 5) is 13.3. The van der Waals surface area contributed by atoms with Gasteiger partial charge in [-0.05, 0) is 25.1 Å². The van der Waals surface area contributed by atoms with E-state index in [4.69, 9.17) is 0 Å². The molecule has 0 atom stereocenters. The molecule has 1 saturated heterocycles. The molecule has 0 N–H and O–H groups in total. The van der Waals surface area contributed by atoms with Gasteiger partial charge in [-0.25, -0.2) is 18.4 Å². The van der Waals surface area contributed by atoms with E-state index in [2.05, 4.69) is 36.6 Å². The Kier molecular flexibility index (Phi) is 4.27. The molecular weight excluding hydrogens is 416 g/mol. The minimum Gasteiger partial charge on any atom is -0.353 e. The van der Waals surface area contributed by atoms with Crippen LogP contribution in [0, 0.1) is 6.92 Å². The summed E-state index contributed by atoms with van der Waals surface area (Å²) >= 11 is 2.66. The van der Waals surface area contributed by atoms with Crippen LogP contribution >= 0.6 is 11.3 Å². The average molecular weight is 433 g/mol. The topological polar surface area (TPSA) is 91.1 Å². The second-order valence-electron chi connectivity index (χ2n) is 6.55. The number of hydrogen-bond acceptors (Lipinski definition) is 8. The average Bonchev–Trinajstić information content (AvgIpc) is 3.32. The van der Waals surface area contributed by atoms with Gasteiger partial charge in [0.2, 0.25) is 10.0 Å². The van der Waals surface area contributed by atoms with E-state index in [9.17, 15) is 8.42 Å². The minimum absolute atomic E-state index is 0.227. The predicted molar refractivity (Wildman–Crippen MR) is 111 cm³/mol. The zero-order valence-electron chi connectivity index (χ0n) is 14.9. The van der Waals surface area contributed by atoms with E-state index in [1.807, 2.05) is 0 Å². The van der Waals surface area contributed by atoms with E-state index in [0.717, 1.165) is 27.4 Å². The van der Waals surface area contributed by atoms with Gasteiger partial charge in [0.1, 0.15) is 33.2 Å². The van der Waals surface area contributed by atoms with Gasteiger partial charge in [-0.15, -0.1) is 11.3 Å². The third-order valence-electron chi connectivity index (χ3n) is 4.84. The Morgan fingerprint density at radius 1 is 1.07 bits per heavy atom. The van der Waals surface area contributed by atoms with Crippen molar-refractivity contribution in [3.8, 4) is 0 Å². The molecule has 1 aromatic carbocycles. The number of sulfonamides is 1. The standard InChI is InChI=1S/C17H16N6O2S3/c1-11-9-12-16(18-10-19-17(12)26-11)22-5-7-23(8-6-22)28(24,25)14-4-2-3-13-15(14)21-27-20-13/h2-4,9-10H,5-8H2,1H3. The van der Waals surface area contributed by atoms with Crippen LogP contribution in [0.1, 0.15) is 4.88 Å². The molecule has 0 radical (unpaired) electrons. The molecule has 11 heteroatoms. The molecule has 0 unspecified atom stereocenters. The zero-order valence-corrected chi connectivity index (χ0v) is 17.4. The van der Waals surface area contributed by atoms with Crippen molar-refractivity contribution < 1.29 is 8.42 Å². The Morgan fingerprint density at radius 2 is 1.89 bits per heavy atom. The van der Waals surface area contributed by atoms with Crippen LogP contribution in [0.4, 0.5) is 17.2 Å². The minimum atomic E-state index is -3.62. The number of thiophene rings is 1. The summed E-state index contributed by atoms with van der Waals surface area (Å²) in [6.45, 7) is 3.99. The van der Waals surface area contributed by atoms with Crippen molar-refractivity contribution in [2.45, 2.75) is 11.8 Å². The molecule has 2 aliphatic heterocycles. The predicted octanol–water partition coefficient (Wildman–Crippen LogP) is 3.24. The number of piperazine rings is 1. The highest BCUT2D eigenvalue weighted by molar-refractivity contribution is 7.89. The van der Waals surface area contributed by atoms with Crippen molar-refractivity contribution in [3.63, 3.8) is 0 Å². The normalized spacial score (nSPS) is 17.1. The molecule has 0 amide bonds. The molecular formula is C17H16N6O2S3. The lowest BCUT2D eigenvalue weighted by atomic mass is 10.3. The number of nitrogens with zero attached hydrogens (tertiary/aromatic N) is 6. The van der Waals surface area contributed by atoms with E-state index in [1.54, 1.807) is 35.9 Å². The maximum absolute atomic E-state index is 13.2. The lowest BCUT2D eigenvalue weighted by Gasteiger charge is -2.35. The number of aromatic nitrogens is 2. The summed E-state index contributed by atoms with van der Waals surface area (Å²) in [6, 6.07) is 7.18. The molecule has 1 fully saturated rings. The van der Waals surface area contributed by atoms with Crippen molar-refractivity contribution in [3.05, 3.63) is 35.5 Å². The Morgan fingerprint density at radius 3 is 2.71 bits per heavy atom. The van der Waals surface area contributed by atoms with Crippen molar-refractivity contribution in [1.82, 2.24) is 14.3 Å². The third-order valence-corrected chi connectivity index (χ3v) is 8.27. The van der Waals surface area contributed by atoms with Gasteiger partial charge in [0.25, 0.3) is 0 Å². The van der Waals surface area contributed by atoms with Gasteiger partial charge in [0.15, 0.2) is 0 Å². The monoisotopic (exact) mass is 432 g/mol. The molecule has 2 aliphatic rings. The summed E-state index contributed by atoms with van der Waals surface area (Å²) in [5.74, 6) is 0.872. The fourth-order valence-electron chi connectivity index (χ4n) is 3.48. The highest BCUT2D eigenvalue weighted by atomic mass is 32.2. The molecule has 0 bridgehead atoms. The largest absolute Gasteiger partial charge is 0.353 e. The van der Waals surface area contributed by atoms with Gasteiger partial charge < -0.3 is 4.90 Å². The van der Waals surface area contributed by atoms with Crippen molar-refractivity contribution in [1.29, 1.82) is 0 Å². The fourth-order valence-corrected chi connectivity index (χ4v) is 6.50. The molecule has 0 spiro atoms. The van der Waals surface area contributed by atoms with Crippen LogP contribution in [-0.4, -0.2) is 48.9 Å². The van der Waals surface area contributed by atoms with E-state index >= 15 is 0 Å². The Labute approximate surface area is 169 Å². The Bertz CT molecular complexity index is 1260. The maximum atomic E-state index is 13.2. The van der Waals surface area contributed by atoms with E-state index in [0.29, 0.717) is 37.6 Å². The molecule has 144 valence electrons. The molecule has 0 aliphatic carbocycles. The first-order valence-corrected chi connectivity index (χ1v) is 11.7. The van der Waals surface area contributed by atoms with E-state index < -0.39 is 10.0 Å². The number of fused-ring (bicyclic) bond motifs is 2. The van der Waals surface area contributed by atoms with Crippen LogP contribution in [0.2, 0.25) is 0 Å². The summed E-state index contributed by atoms with van der Waals surface area (Å²) in [6.07, 6.45) is 1.58. The van der Waals surface area contributed by atoms with E-state index in [-0.39, 0.29) is 4.90 Å². The molecule has 0 saturated carbocycles. The van der Waals surface area contributed by atoms with Crippen LogP contribution in [-0.2, 0) is 21.4 Å². The zero-order chi connectivity index (χ0) is 19.3. The van der Waals surface area contributed by atoms with Gasteiger partial charge in [0.05, 0.1) is 16.7 Å². The van der Waals surface area contributed by atoms with Gasteiger partial charge in [0, 0.05) is 31.1 Å². The maximum Gasteiger partial charge on any atom is 0.245 e. The van der Waals surface area contributed by atoms with Crippen LogP contribution in [0.15, 0.2) is 44.2 Å². The highest BCUT2D eigenvalue weighted by Gasteiger charge is 2.32. The second kappa shape index (κ2) is 6.69.